The molecule has 0 aromatic heterocycles. The first kappa shape index (κ1) is 26.6. The van der Waals surface area contributed by atoms with Crippen LogP contribution in [0.2, 0.25) is 34.5 Å². The first-order chi connectivity index (χ1) is 13.1. The van der Waals surface area contributed by atoms with Crippen LogP contribution in [0.1, 0.15) is 29.5 Å². The van der Waals surface area contributed by atoms with Gasteiger partial charge in [0.15, 0.2) is 0 Å². The van der Waals surface area contributed by atoms with Crippen molar-refractivity contribution in [3.05, 3.63) is 82.9 Å². The van der Waals surface area contributed by atoms with Gasteiger partial charge >= 0.3 is 186 Å². The Morgan fingerprint density at radius 2 is 0.967 bits per heavy atom. The van der Waals surface area contributed by atoms with Crippen molar-refractivity contribution in [2.45, 2.75) is 41.8 Å². The van der Waals surface area contributed by atoms with E-state index in [-0.39, 0.29) is 24.8 Å². The summed E-state index contributed by atoms with van der Waals surface area (Å²) in [5, 5.41) is 0. The van der Waals surface area contributed by atoms with Gasteiger partial charge in [-0.2, -0.15) is 0 Å². The Morgan fingerprint density at radius 1 is 0.633 bits per heavy atom. The number of hydrogen-bond donors (Lipinski definition) is 0. The second kappa shape index (κ2) is 9.68. The van der Waals surface area contributed by atoms with Gasteiger partial charge in [0.2, 0.25) is 0 Å². The smallest absolute Gasteiger partial charge is 1.00 e. The largest absolute Gasteiger partial charge is 1.00 e. The molecule has 0 N–H and O–H groups in total. The van der Waals surface area contributed by atoms with Gasteiger partial charge < -0.3 is 24.8 Å². The van der Waals surface area contributed by atoms with Gasteiger partial charge in [0.05, 0.1) is 0 Å². The average molecular weight is 640 g/mol. The molecule has 0 spiro atoms. The summed E-state index contributed by atoms with van der Waals surface area (Å²) >= 11 is -5.84. The van der Waals surface area contributed by atoms with Crippen molar-refractivity contribution in [1.29, 1.82) is 0 Å². The molecule has 0 bridgehead atoms. The van der Waals surface area contributed by atoms with Gasteiger partial charge in [0.1, 0.15) is 0 Å². The van der Waals surface area contributed by atoms with E-state index in [1.807, 2.05) is 0 Å². The summed E-state index contributed by atoms with van der Waals surface area (Å²) in [4.78, 5) is 0. The van der Waals surface area contributed by atoms with Crippen LogP contribution in [-0.2, 0) is 21.3 Å². The fourth-order valence-electron chi connectivity index (χ4n) is 4.83. The van der Waals surface area contributed by atoms with Gasteiger partial charge in [-0.1, -0.05) is 0 Å². The molecule has 0 amide bonds. The molecule has 2 atom stereocenters. The molecule has 2 aromatic rings. The predicted octanol–water partition coefficient (Wildman–Crippen LogP) is 1.08. The molecule has 0 nitrogen and oxygen atoms in total. The molecule has 2 aliphatic rings. The third-order valence-corrected chi connectivity index (χ3v) is 21.1. The maximum absolute atomic E-state index is 4.98. The maximum atomic E-state index is 4.98. The second-order valence-corrected chi connectivity index (χ2v) is 37.4. The second-order valence-electron chi connectivity index (χ2n) is 10.4. The fraction of sp³-hybridized carbons (Fsp3) is 0.320. The van der Waals surface area contributed by atoms with E-state index in [2.05, 4.69) is 95.2 Å². The van der Waals surface area contributed by atoms with Crippen LogP contribution in [0.4, 0.5) is 0 Å². The third-order valence-electron chi connectivity index (χ3n) is 6.25. The van der Waals surface area contributed by atoms with Gasteiger partial charge in [-0.25, -0.2) is 0 Å². The molecular formula is C25H32Cl2Ge2Zr. The summed E-state index contributed by atoms with van der Waals surface area (Å²) in [5.41, 5.74) is 6.31. The van der Waals surface area contributed by atoms with E-state index in [0.29, 0.717) is 7.25 Å². The molecule has 0 aliphatic heterocycles. The van der Waals surface area contributed by atoms with Gasteiger partial charge in [0, 0.05) is 0 Å². The van der Waals surface area contributed by atoms with E-state index < -0.39 is 47.8 Å². The molecule has 2 aliphatic carbocycles. The molecule has 0 saturated carbocycles. The molecule has 2 aromatic carbocycles. The van der Waals surface area contributed by atoms with E-state index in [9.17, 15) is 0 Å². The van der Waals surface area contributed by atoms with Crippen molar-refractivity contribution in [2.75, 3.05) is 0 Å². The van der Waals surface area contributed by atoms with Crippen molar-refractivity contribution >= 4 is 39.6 Å². The molecule has 0 radical (unpaired) electrons. The topological polar surface area (TPSA) is 0 Å². The monoisotopic (exact) mass is 640 g/mol. The summed E-state index contributed by atoms with van der Waals surface area (Å²) in [6.45, 7) is 0. The Balaban J connectivity index is 0.00000160. The average Bonchev–Trinajstić information content (AvgIpc) is 3.20. The van der Waals surface area contributed by atoms with Crippen LogP contribution in [0, 0.1) is 0 Å². The molecule has 5 heteroatoms. The number of rotatable bonds is 4. The Morgan fingerprint density at radius 3 is 1.30 bits per heavy atom. The molecule has 0 saturated heterocycles. The molecule has 158 valence electrons. The number of fused-ring (bicyclic) bond motifs is 2. The SMILES string of the molecule is [CH2]=[Zr+2]([CH]1C=[C]([Ge]([CH3])([CH3])[CH3])c2ccccc21)[CH]1C=[C]([Ge]([CH3])([CH3])[CH3])c2ccccc21.[Cl-].[Cl-]. The predicted molar refractivity (Wildman–Crippen MR) is 128 cm³/mol. The summed E-state index contributed by atoms with van der Waals surface area (Å²) in [6, 6.07) is 18.5. The van der Waals surface area contributed by atoms with Crippen LogP contribution in [0.15, 0.2) is 60.7 Å². The zero-order valence-electron chi connectivity index (χ0n) is 18.9. The van der Waals surface area contributed by atoms with E-state index in [0.717, 1.165) is 0 Å². The Kier molecular flexibility index (Phi) is 8.58. The third kappa shape index (κ3) is 4.81. The minimum atomic E-state index is -2.05. The summed E-state index contributed by atoms with van der Waals surface area (Å²) in [7, 11) is 0. The number of hydrogen-bond acceptors (Lipinski definition) is 0. The van der Waals surface area contributed by atoms with Gasteiger partial charge in [-0.3, -0.25) is 0 Å². The van der Waals surface area contributed by atoms with Crippen molar-refractivity contribution in [2.24, 2.45) is 0 Å². The zero-order valence-corrected chi connectivity index (χ0v) is 27.1. The van der Waals surface area contributed by atoms with Gasteiger partial charge in [-0.15, -0.1) is 0 Å². The summed E-state index contributed by atoms with van der Waals surface area (Å²) in [6.07, 6.45) is 5.39. The molecule has 0 heterocycles. The Bertz CT molecular complexity index is 944. The number of halogens is 2. The van der Waals surface area contributed by atoms with Crippen molar-refractivity contribution < 1.29 is 46.1 Å². The Hall–Kier alpha value is 0.339. The number of allylic oxidation sites excluding steroid dienone is 2. The normalized spacial score (nSPS) is 19.4. The quantitative estimate of drug-likeness (QED) is 0.440. The van der Waals surface area contributed by atoms with Crippen LogP contribution < -0.4 is 24.8 Å². The number of benzene rings is 2. The van der Waals surface area contributed by atoms with E-state index in [4.69, 9.17) is 4.21 Å². The van der Waals surface area contributed by atoms with Crippen molar-refractivity contribution in [3.63, 3.8) is 0 Å². The molecule has 2 unspecified atom stereocenters. The first-order valence-corrected chi connectivity index (χ1v) is 29.7. The van der Waals surface area contributed by atoms with Gasteiger partial charge in [-0.05, 0) is 0 Å². The fourth-order valence-corrected chi connectivity index (χ4v) is 19.7. The molecule has 0 fully saturated rings. The van der Waals surface area contributed by atoms with Crippen LogP contribution in [0.25, 0.3) is 8.81 Å². The molecule has 30 heavy (non-hydrogen) atoms. The van der Waals surface area contributed by atoms with Crippen molar-refractivity contribution in [3.8, 4) is 0 Å². The van der Waals surface area contributed by atoms with Crippen LogP contribution in [-0.4, -0.2) is 30.7 Å². The van der Waals surface area contributed by atoms with Crippen molar-refractivity contribution in [1.82, 2.24) is 0 Å². The Labute approximate surface area is 208 Å². The molecule has 4 rings (SSSR count). The van der Waals surface area contributed by atoms with Crippen LogP contribution >= 0.6 is 0 Å². The standard InChI is InChI=1S/2C12H15Ge.CH2.2ClH.Zr/c2*1-13(2,3)12-9-8-10-6-4-5-7-11(10)12;;;;/h2*4-9H,1-3H3;1H2;2*1H;/q;;;;;+2/p-2. The van der Waals surface area contributed by atoms with E-state index in [1.54, 1.807) is 31.1 Å². The van der Waals surface area contributed by atoms with E-state index in [1.165, 1.54) is 0 Å². The van der Waals surface area contributed by atoms with Crippen LogP contribution in [0.3, 0.4) is 0 Å². The molecular weight excluding hydrogens is 608 g/mol. The summed E-state index contributed by atoms with van der Waals surface area (Å²) < 4.78 is 9.66. The van der Waals surface area contributed by atoms with Crippen LogP contribution in [0.5, 0.6) is 0 Å². The van der Waals surface area contributed by atoms with Gasteiger partial charge in [0.25, 0.3) is 0 Å². The summed E-state index contributed by atoms with van der Waals surface area (Å²) in [5.74, 6) is 15.2. The maximum Gasteiger partial charge on any atom is -1.00 e. The first-order valence-electron chi connectivity index (χ1n) is 10.4. The minimum Gasteiger partial charge on any atom is -1.00 e. The minimum absolute atomic E-state index is 0. The van der Waals surface area contributed by atoms with E-state index >= 15 is 0 Å². The zero-order chi connectivity index (χ0) is 20.3.